The molecule has 29 heavy (non-hydrogen) atoms. The lowest BCUT2D eigenvalue weighted by atomic mass is 9.96. The van der Waals surface area contributed by atoms with Crippen LogP contribution >= 0.6 is 11.8 Å². The van der Waals surface area contributed by atoms with Gasteiger partial charge in [-0.05, 0) is 51.1 Å². The van der Waals surface area contributed by atoms with Crippen molar-refractivity contribution < 1.29 is 19.1 Å². The van der Waals surface area contributed by atoms with Crippen LogP contribution in [0.2, 0.25) is 0 Å². The van der Waals surface area contributed by atoms with E-state index in [0.717, 1.165) is 17.1 Å². The highest BCUT2D eigenvalue weighted by molar-refractivity contribution is 7.99. The van der Waals surface area contributed by atoms with Crippen LogP contribution < -0.4 is 19.7 Å². The molecule has 0 bridgehead atoms. The summed E-state index contributed by atoms with van der Waals surface area (Å²) in [7, 11) is 3.24. The molecule has 0 aliphatic carbocycles. The Balaban J connectivity index is 1.82. The highest BCUT2D eigenvalue weighted by Gasteiger charge is 2.44. The van der Waals surface area contributed by atoms with Crippen LogP contribution in [0.3, 0.4) is 0 Å². The van der Waals surface area contributed by atoms with Crippen LogP contribution in [0, 0.1) is 0 Å². The molecule has 1 aliphatic rings. The standard InChI is InChI=1S/C22H26N2O4S/c1-14(29-13-15-12-16(27-4)10-11-19(15)28-5)20(25)24-18-9-7-6-8-17(18)23-21(26)22(24,2)3/h6-12,14H,13H2,1-5H3,(H,23,26)/t14-/m1/s1. The Morgan fingerprint density at radius 2 is 1.90 bits per heavy atom. The van der Waals surface area contributed by atoms with Gasteiger partial charge in [0, 0.05) is 11.3 Å². The van der Waals surface area contributed by atoms with Crippen molar-refractivity contribution >= 4 is 35.0 Å². The molecule has 2 amide bonds. The van der Waals surface area contributed by atoms with Gasteiger partial charge in [-0.15, -0.1) is 11.8 Å². The third-order valence-electron chi connectivity index (χ3n) is 5.05. The monoisotopic (exact) mass is 414 g/mol. The first-order valence-corrected chi connectivity index (χ1v) is 10.4. The molecule has 1 atom stereocenters. The fourth-order valence-corrected chi connectivity index (χ4v) is 4.21. The number of thioether (sulfide) groups is 1. The first-order chi connectivity index (χ1) is 13.8. The lowest BCUT2D eigenvalue weighted by Gasteiger charge is -2.43. The van der Waals surface area contributed by atoms with Crippen molar-refractivity contribution in [3.05, 3.63) is 48.0 Å². The molecule has 0 radical (unpaired) electrons. The van der Waals surface area contributed by atoms with E-state index in [2.05, 4.69) is 5.32 Å². The molecule has 1 aliphatic heterocycles. The summed E-state index contributed by atoms with van der Waals surface area (Å²) in [5.41, 5.74) is 1.34. The summed E-state index contributed by atoms with van der Waals surface area (Å²) in [5.74, 6) is 1.76. The van der Waals surface area contributed by atoms with Crippen LogP contribution in [-0.2, 0) is 15.3 Å². The van der Waals surface area contributed by atoms with Gasteiger partial charge >= 0.3 is 0 Å². The molecule has 1 heterocycles. The normalized spacial score (nSPS) is 15.9. The minimum absolute atomic E-state index is 0.107. The summed E-state index contributed by atoms with van der Waals surface area (Å²) in [6.45, 7) is 5.39. The van der Waals surface area contributed by atoms with E-state index in [1.165, 1.54) is 11.8 Å². The summed E-state index contributed by atoms with van der Waals surface area (Å²) < 4.78 is 10.7. The molecule has 0 aromatic heterocycles. The van der Waals surface area contributed by atoms with E-state index in [1.807, 2.05) is 49.4 Å². The highest BCUT2D eigenvalue weighted by Crippen LogP contribution is 2.38. The molecule has 0 fully saturated rings. The average molecular weight is 415 g/mol. The molecule has 2 aromatic carbocycles. The van der Waals surface area contributed by atoms with Crippen molar-refractivity contribution in [1.29, 1.82) is 0 Å². The molecule has 6 nitrogen and oxygen atoms in total. The van der Waals surface area contributed by atoms with Crippen molar-refractivity contribution in [2.24, 2.45) is 0 Å². The van der Waals surface area contributed by atoms with Crippen LogP contribution in [0.1, 0.15) is 26.3 Å². The van der Waals surface area contributed by atoms with Crippen LogP contribution in [-0.4, -0.2) is 36.8 Å². The third-order valence-corrected chi connectivity index (χ3v) is 6.23. The zero-order valence-electron chi connectivity index (χ0n) is 17.3. The van der Waals surface area contributed by atoms with Gasteiger partial charge in [-0.1, -0.05) is 12.1 Å². The maximum Gasteiger partial charge on any atom is 0.250 e. The van der Waals surface area contributed by atoms with Crippen LogP contribution in [0.15, 0.2) is 42.5 Å². The number of hydrogen-bond acceptors (Lipinski definition) is 5. The summed E-state index contributed by atoms with van der Waals surface area (Å²) in [6.07, 6.45) is 0. The molecule has 1 N–H and O–H groups in total. The van der Waals surface area contributed by atoms with E-state index >= 15 is 0 Å². The molecule has 3 rings (SSSR count). The molecular weight excluding hydrogens is 388 g/mol. The molecular formula is C22H26N2O4S. The number of para-hydroxylation sites is 2. The summed E-state index contributed by atoms with van der Waals surface area (Å²) in [6, 6.07) is 13.0. The quantitative estimate of drug-likeness (QED) is 0.771. The number of fused-ring (bicyclic) bond motifs is 1. The van der Waals surface area contributed by atoms with Gasteiger partial charge in [-0.25, -0.2) is 0 Å². The van der Waals surface area contributed by atoms with Crippen molar-refractivity contribution in [2.45, 2.75) is 37.3 Å². The fraction of sp³-hybridized carbons (Fsp3) is 0.364. The Morgan fingerprint density at radius 1 is 1.17 bits per heavy atom. The van der Waals surface area contributed by atoms with E-state index in [4.69, 9.17) is 9.47 Å². The highest BCUT2D eigenvalue weighted by atomic mass is 32.2. The van der Waals surface area contributed by atoms with E-state index in [1.54, 1.807) is 33.0 Å². The van der Waals surface area contributed by atoms with Crippen molar-refractivity contribution in [1.82, 2.24) is 0 Å². The van der Waals surface area contributed by atoms with Gasteiger partial charge in [-0.3, -0.25) is 14.5 Å². The van der Waals surface area contributed by atoms with E-state index in [-0.39, 0.29) is 17.1 Å². The molecule has 0 saturated carbocycles. The van der Waals surface area contributed by atoms with Crippen molar-refractivity contribution in [2.75, 3.05) is 24.4 Å². The van der Waals surface area contributed by atoms with Gasteiger partial charge in [0.15, 0.2) is 0 Å². The van der Waals surface area contributed by atoms with Gasteiger partial charge in [0.1, 0.15) is 17.0 Å². The lowest BCUT2D eigenvalue weighted by Crippen LogP contribution is -2.60. The number of methoxy groups -OCH3 is 2. The SMILES string of the molecule is COc1ccc(OC)c(CS[C@H](C)C(=O)N2c3ccccc3NC(=O)C2(C)C)c1. The summed E-state index contributed by atoms with van der Waals surface area (Å²) >= 11 is 1.50. The zero-order valence-corrected chi connectivity index (χ0v) is 18.1. The minimum Gasteiger partial charge on any atom is -0.497 e. The predicted molar refractivity (Wildman–Crippen MR) is 117 cm³/mol. The Hall–Kier alpha value is -2.67. The topological polar surface area (TPSA) is 67.9 Å². The number of benzene rings is 2. The Kier molecular flexibility index (Phi) is 6.07. The van der Waals surface area contributed by atoms with E-state index in [0.29, 0.717) is 17.1 Å². The Bertz CT molecular complexity index is 929. The number of nitrogens with one attached hydrogen (secondary N) is 1. The van der Waals surface area contributed by atoms with E-state index < -0.39 is 5.54 Å². The van der Waals surface area contributed by atoms with Gasteiger partial charge in [-0.2, -0.15) is 0 Å². The third kappa shape index (κ3) is 4.05. The van der Waals surface area contributed by atoms with Crippen molar-refractivity contribution in [3.8, 4) is 11.5 Å². The smallest absolute Gasteiger partial charge is 0.250 e. The number of carbonyl (C=O) groups is 2. The van der Waals surface area contributed by atoms with Gasteiger partial charge in [0.25, 0.3) is 0 Å². The molecule has 154 valence electrons. The number of nitrogens with zero attached hydrogens (tertiary/aromatic N) is 1. The molecule has 0 saturated heterocycles. The molecule has 0 spiro atoms. The van der Waals surface area contributed by atoms with Crippen LogP contribution in [0.25, 0.3) is 0 Å². The van der Waals surface area contributed by atoms with Gasteiger partial charge in [0.05, 0.1) is 30.8 Å². The number of ether oxygens (including phenoxy) is 2. The Morgan fingerprint density at radius 3 is 2.59 bits per heavy atom. The Labute approximate surface area is 175 Å². The molecule has 2 aromatic rings. The van der Waals surface area contributed by atoms with Crippen LogP contribution in [0.4, 0.5) is 11.4 Å². The number of rotatable bonds is 6. The van der Waals surface area contributed by atoms with E-state index in [9.17, 15) is 9.59 Å². The van der Waals surface area contributed by atoms with Gasteiger partial charge in [0.2, 0.25) is 11.8 Å². The second-order valence-corrected chi connectivity index (χ2v) is 8.66. The second-order valence-electron chi connectivity index (χ2n) is 7.33. The molecule has 7 heteroatoms. The number of anilines is 2. The molecule has 0 unspecified atom stereocenters. The average Bonchev–Trinajstić information content (AvgIpc) is 2.72. The zero-order chi connectivity index (χ0) is 21.2. The van der Waals surface area contributed by atoms with Crippen molar-refractivity contribution in [3.63, 3.8) is 0 Å². The second kappa shape index (κ2) is 8.37. The predicted octanol–water partition coefficient (Wildman–Crippen LogP) is 4.09. The largest absolute Gasteiger partial charge is 0.497 e. The maximum absolute atomic E-state index is 13.4. The maximum atomic E-state index is 13.4. The summed E-state index contributed by atoms with van der Waals surface area (Å²) in [4.78, 5) is 27.6. The lowest BCUT2D eigenvalue weighted by molar-refractivity contribution is -0.126. The fourth-order valence-electron chi connectivity index (χ4n) is 3.31. The van der Waals surface area contributed by atoms with Crippen LogP contribution in [0.5, 0.6) is 11.5 Å². The number of amides is 2. The first kappa shape index (κ1) is 21.0. The van der Waals surface area contributed by atoms with Gasteiger partial charge < -0.3 is 14.8 Å². The first-order valence-electron chi connectivity index (χ1n) is 9.36. The minimum atomic E-state index is -0.978. The number of hydrogen-bond donors (Lipinski definition) is 1. The summed E-state index contributed by atoms with van der Waals surface area (Å²) in [5, 5.41) is 2.53. The number of carbonyl (C=O) groups excluding carboxylic acids is 2.